The zero-order valence-corrected chi connectivity index (χ0v) is 72.6. The minimum atomic E-state index is -1.55. The Balaban J connectivity index is 1.35. The van der Waals surface area contributed by atoms with Crippen molar-refractivity contribution < 1.29 is 134 Å². The maximum Gasteiger partial charge on any atom is 0.304 e. The SMILES string of the molecule is CC(=O)COCC(=O)CCCOCCOCCOCCCC(=O)[C@@H]1CSCC(=O)N[C@@H](CCCCNC(=O)COCC(=O)NCCOCCOCCOCCOCCOCCNC(=O)CON=Cc2ccc([18F])cc2)C(=O)N[C@H]2CSSC[C@H](NC(=O)[C@H](CC(=O)O)CC(=O)CNC(=O)[C@H](CCCN=C(N)N)CC2=O)C(=O)C[C@@H](Cc2ccccc2)C(=O)N1. The number of benzene rings is 2. The first-order valence-electron chi connectivity index (χ1n) is 41.1. The van der Waals surface area contributed by atoms with E-state index < -0.39 is 158 Å². The molecule has 0 saturated carbocycles. The number of nitrogens with two attached hydrogens (primary N) is 2. The number of carboxylic acids is 1. The van der Waals surface area contributed by atoms with Crippen LogP contribution in [0.5, 0.6) is 0 Å². The molecule has 0 aliphatic carbocycles. The van der Waals surface area contributed by atoms with Gasteiger partial charge in [-0.25, -0.2) is 4.39 Å². The van der Waals surface area contributed by atoms with E-state index in [2.05, 4.69) is 52.7 Å². The Bertz CT molecular complexity index is 3650. The number of guanidine groups is 1. The van der Waals surface area contributed by atoms with Gasteiger partial charge in [-0.15, -0.1) is 11.8 Å². The summed E-state index contributed by atoms with van der Waals surface area (Å²) >= 11 is 0.948. The Labute approximate surface area is 732 Å². The highest BCUT2D eigenvalue weighted by Crippen LogP contribution is 2.28. The molecule has 0 aromatic heterocycles. The number of unbranched alkanes of at least 4 members (excludes halogenated alkanes) is 1. The smallest absolute Gasteiger partial charge is 0.304 e. The third-order valence-corrected chi connectivity index (χ3v) is 21.4. The Hall–Kier alpha value is -8.99. The van der Waals surface area contributed by atoms with Crippen LogP contribution in [0.15, 0.2) is 64.7 Å². The van der Waals surface area contributed by atoms with Gasteiger partial charge in [-0.3, -0.25) is 76.9 Å². The normalized spacial score (nSPS) is 18.7. The molecular weight excluding hydrogens is 1690 g/mol. The number of ether oxygens (including phenoxy) is 10. The molecule has 2 heterocycles. The molecule has 39 nitrogen and oxygen atoms in total. The van der Waals surface area contributed by atoms with Gasteiger partial charge in [0.1, 0.15) is 38.3 Å². The quantitative estimate of drug-likeness (QED) is 0.0135. The van der Waals surface area contributed by atoms with Gasteiger partial charge in [0.15, 0.2) is 47.3 Å². The standard InChI is InChI=1S/C81H121FN12O27S3/c1-56(95)47-119-48-63(96)13-8-24-111-28-32-115-33-29-112-25-9-15-69(98)66-52-122-55-75(104)91-65(14-5-6-20-85-72(101)49-120-50-73(102)86-22-26-113-30-34-116-36-38-118-39-37-117-35-31-114-27-23-87-74(103)51-121-90-45-58-16-18-62(82)19-17-58)80(110)94-68-54-124-123-53-67(71(100)43-60(78(108)92-66)40-57-10-3-2-4-11-57)93-79(109)61(44-76(105)106)41-64(97)46-89-77(107)59(42-70(68)99)12-7-21-88-81(83)84/h2-4,10-11,16-19,45,59-61,65-68H,5-9,12-15,20-44,46-55H2,1H3,(H,85,101)(H,86,102)(H,87,103)(H,89,107)(H,91,104)(H,92,108)(H,93,109)(H,94,110)(H,105,106)(H4,83,84,88)/t59-,60-,61+,65+,66+,67+,68+/m1/s1/i82-1. The molecule has 13 N–H and O–H groups in total. The van der Waals surface area contributed by atoms with Crippen molar-refractivity contribution in [2.75, 3.05) is 194 Å². The molecule has 692 valence electrons. The van der Waals surface area contributed by atoms with Crippen molar-refractivity contribution >= 4 is 133 Å². The highest BCUT2D eigenvalue weighted by atomic mass is 33.1. The fourth-order valence-corrected chi connectivity index (χ4v) is 14.9. The number of hydrogen-bond acceptors (Lipinski definition) is 31. The van der Waals surface area contributed by atoms with E-state index in [0.29, 0.717) is 63.8 Å². The summed E-state index contributed by atoms with van der Waals surface area (Å²) in [6.45, 7) is 3.74. The van der Waals surface area contributed by atoms with Gasteiger partial charge >= 0.3 is 5.97 Å². The average molecular weight is 1810 g/mol. The van der Waals surface area contributed by atoms with Gasteiger partial charge < -0.3 is 111 Å². The lowest BCUT2D eigenvalue weighted by atomic mass is 9.90. The molecule has 0 unspecified atom stereocenters. The molecular formula is C81H121FN12O27S3. The summed E-state index contributed by atoms with van der Waals surface area (Å²) in [5.74, 6) is -15.4. The van der Waals surface area contributed by atoms with Crippen LogP contribution in [0.25, 0.3) is 0 Å². The van der Waals surface area contributed by atoms with E-state index in [4.69, 9.17) is 63.7 Å². The van der Waals surface area contributed by atoms with Gasteiger partial charge in [-0.1, -0.05) is 69.2 Å². The molecule has 2 aromatic carbocycles. The third kappa shape index (κ3) is 53.4. The van der Waals surface area contributed by atoms with Crippen LogP contribution >= 0.6 is 33.3 Å². The summed E-state index contributed by atoms with van der Waals surface area (Å²) in [5.41, 5.74) is 12.4. The van der Waals surface area contributed by atoms with E-state index in [1.165, 1.54) is 37.4 Å². The van der Waals surface area contributed by atoms with Crippen molar-refractivity contribution in [3.63, 3.8) is 0 Å². The number of nitrogens with zero attached hydrogens (tertiary/aromatic N) is 2. The van der Waals surface area contributed by atoms with Crippen molar-refractivity contribution in [2.24, 2.45) is 39.4 Å². The molecule has 2 bridgehead atoms. The summed E-state index contributed by atoms with van der Waals surface area (Å²) < 4.78 is 67.6. The van der Waals surface area contributed by atoms with Crippen molar-refractivity contribution in [3.8, 4) is 0 Å². The molecule has 4 rings (SSSR count). The van der Waals surface area contributed by atoms with Crippen LogP contribution < -0.4 is 54.0 Å². The Morgan fingerprint density at radius 3 is 1.62 bits per heavy atom. The minimum Gasteiger partial charge on any atom is -0.481 e. The Morgan fingerprint density at radius 2 is 1.05 bits per heavy atom. The second-order valence-corrected chi connectivity index (χ2v) is 32.0. The number of aliphatic imine (C=N–C) groups is 1. The monoisotopic (exact) mass is 1810 g/mol. The maximum absolute atomic E-state index is 14.9. The number of carbonyl (C=O) groups excluding carboxylic acids is 14. The molecule has 0 radical (unpaired) electrons. The fourth-order valence-electron chi connectivity index (χ4n) is 11.6. The number of thioether (sulfide) groups is 1. The number of hydrogen-bond donors (Lipinski definition) is 11. The maximum atomic E-state index is 14.9. The lowest BCUT2D eigenvalue weighted by Crippen LogP contribution is -2.53. The number of aliphatic carboxylic acids is 1. The second kappa shape index (κ2) is 67.4. The van der Waals surface area contributed by atoms with E-state index >= 15 is 0 Å². The average Bonchev–Trinajstić information content (AvgIpc) is 0.978. The number of fused-ring (bicyclic) bond motifs is 5. The third-order valence-electron chi connectivity index (χ3n) is 18.0. The van der Waals surface area contributed by atoms with Crippen molar-refractivity contribution in [1.29, 1.82) is 0 Å². The van der Waals surface area contributed by atoms with Crippen LogP contribution in [0.1, 0.15) is 102 Å². The van der Waals surface area contributed by atoms with Crippen LogP contribution in [0.3, 0.4) is 0 Å². The zero-order chi connectivity index (χ0) is 90.2. The lowest BCUT2D eigenvalue weighted by molar-refractivity contribution is -0.142. The first-order valence-corrected chi connectivity index (χ1v) is 44.7. The highest BCUT2D eigenvalue weighted by molar-refractivity contribution is 8.76. The van der Waals surface area contributed by atoms with Gasteiger partial charge in [0.05, 0.1) is 141 Å². The first-order chi connectivity index (χ1) is 59.8. The number of Topliss-reactive ketones (excluding diaryl/α,β-unsaturated/α-hetero) is 6. The van der Waals surface area contributed by atoms with Crippen molar-refractivity contribution in [2.45, 2.75) is 121 Å². The molecule has 7 atom stereocenters. The molecule has 8 amide bonds. The molecule has 124 heavy (non-hydrogen) atoms. The van der Waals surface area contributed by atoms with E-state index in [-0.39, 0.29) is 216 Å². The fraction of sp³-hybridized carbons (Fsp3) is 0.642. The molecule has 43 heteroatoms. The van der Waals surface area contributed by atoms with E-state index in [0.717, 1.165) is 33.3 Å². The number of carboxylic acid groups (broad SMARTS) is 1. The number of nitrogens with one attached hydrogen (secondary N) is 8. The Morgan fingerprint density at radius 1 is 0.524 bits per heavy atom. The van der Waals surface area contributed by atoms with Gasteiger partial charge in [-0.05, 0) is 81.5 Å². The van der Waals surface area contributed by atoms with E-state index in [1.807, 2.05) is 0 Å². The van der Waals surface area contributed by atoms with Crippen LogP contribution in [0.4, 0.5) is 4.39 Å². The molecule has 2 aliphatic heterocycles. The summed E-state index contributed by atoms with van der Waals surface area (Å²) in [7, 11) is 1.97. The number of ketones is 6. The number of carbonyl (C=O) groups is 15. The van der Waals surface area contributed by atoms with Gasteiger partial charge in [0.25, 0.3) is 5.91 Å². The highest BCUT2D eigenvalue weighted by Gasteiger charge is 2.36. The van der Waals surface area contributed by atoms with Gasteiger partial charge in [0, 0.05) is 101 Å². The molecule has 2 fully saturated rings. The molecule has 0 spiro atoms. The van der Waals surface area contributed by atoms with Crippen LogP contribution in [0.2, 0.25) is 0 Å². The number of rotatable bonds is 58. The number of amides is 8. The summed E-state index contributed by atoms with van der Waals surface area (Å²) in [6, 6.07) is 8.77. The predicted molar refractivity (Wildman–Crippen MR) is 455 cm³/mol. The second-order valence-electron chi connectivity index (χ2n) is 28.4. The predicted octanol–water partition coefficient (Wildman–Crippen LogP) is -0.157. The van der Waals surface area contributed by atoms with Crippen molar-refractivity contribution in [3.05, 3.63) is 71.5 Å². The summed E-state index contributed by atoms with van der Waals surface area (Å²) in [4.78, 5) is 211. The number of oxime groups is 1. The summed E-state index contributed by atoms with van der Waals surface area (Å²) in [5, 5.41) is 35.1. The van der Waals surface area contributed by atoms with E-state index in [1.54, 1.807) is 30.3 Å². The van der Waals surface area contributed by atoms with Crippen LogP contribution in [-0.2, 0) is 131 Å². The Kier molecular flexibility index (Phi) is 58.3. The molecule has 2 saturated heterocycles. The summed E-state index contributed by atoms with van der Waals surface area (Å²) in [6.07, 6.45) is -0.0218. The first kappa shape index (κ1) is 107. The zero-order valence-electron chi connectivity index (χ0n) is 70.1. The van der Waals surface area contributed by atoms with Gasteiger partial charge in [0.2, 0.25) is 41.4 Å². The van der Waals surface area contributed by atoms with Gasteiger partial charge in [-0.2, -0.15) is 0 Å². The lowest BCUT2D eigenvalue weighted by Gasteiger charge is -2.26. The van der Waals surface area contributed by atoms with E-state index in [9.17, 15) is 81.4 Å². The molecule has 2 aromatic rings. The molecule has 2 aliphatic rings. The van der Waals surface area contributed by atoms with Crippen LogP contribution in [0, 0.1) is 23.6 Å². The minimum absolute atomic E-state index is 0.00664. The number of halogens is 1. The van der Waals surface area contributed by atoms with Crippen LogP contribution in [-0.4, -0.2) is 324 Å². The largest absolute Gasteiger partial charge is 0.481 e. The van der Waals surface area contributed by atoms with Crippen molar-refractivity contribution in [1.82, 2.24) is 42.5 Å². The topological polar surface area (TPSA) is 551 Å².